The molecule has 2 aliphatic rings. The first-order chi connectivity index (χ1) is 5.79. The van der Waals surface area contributed by atoms with Crippen molar-refractivity contribution in [3.05, 3.63) is 0 Å². The van der Waals surface area contributed by atoms with Gasteiger partial charge in [-0.3, -0.25) is 0 Å². The van der Waals surface area contributed by atoms with Gasteiger partial charge in [0.05, 0.1) is 0 Å². The van der Waals surface area contributed by atoms with Gasteiger partial charge in [0.25, 0.3) is 0 Å². The highest BCUT2D eigenvalue weighted by Crippen LogP contribution is 2.44. The summed E-state index contributed by atoms with van der Waals surface area (Å²) in [4.78, 5) is 0. The van der Waals surface area contributed by atoms with E-state index in [1.165, 1.54) is 25.7 Å². The van der Waals surface area contributed by atoms with Gasteiger partial charge in [-0.25, -0.2) is 0 Å². The molecular weight excluding hydrogens is 168 g/mol. The van der Waals surface area contributed by atoms with Crippen LogP contribution in [0.1, 0.15) is 25.7 Å². The number of rotatable bonds is 1. The van der Waals surface area contributed by atoms with E-state index in [2.05, 4.69) is 10.6 Å². The molecule has 0 saturated heterocycles. The summed E-state index contributed by atoms with van der Waals surface area (Å²) >= 11 is 5.09. The minimum Gasteiger partial charge on any atom is -0.366 e. The van der Waals surface area contributed by atoms with Crippen molar-refractivity contribution >= 4 is 17.3 Å². The number of hydrogen-bond acceptors (Lipinski definition) is 1. The van der Waals surface area contributed by atoms with E-state index in [0.717, 1.165) is 16.9 Å². The van der Waals surface area contributed by atoms with E-state index in [4.69, 9.17) is 12.2 Å². The van der Waals surface area contributed by atoms with E-state index in [0.29, 0.717) is 6.04 Å². The molecule has 12 heavy (non-hydrogen) atoms. The Morgan fingerprint density at radius 2 is 2.17 bits per heavy atom. The van der Waals surface area contributed by atoms with Gasteiger partial charge in [-0.15, -0.1) is 0 Å². The fraction of sp³-hybridized carbons (Fsp3) is 0.889. The quantitative estimate of drug-likeness (QED) is 0.600. The lowest BCUT2D eigenvalue weighted by atomic mass is 9.96. The van der Waals surface area contributed by atoms with E-state index >= 15 is 0 Å². The third-order valence-electron chi connectivity index (χ3n) is 3.28. The van der Waals surface area contributed by atoms with E-state index in [-0.39, 0.29) is 0 Å². The summed E-state index contributed by atoms with van der Waals surface area (Å²) in [5.41, 5.74) is 0. The Bertz CT molecular complexity index is 193. The Kier molecular flexibility index (Phi) is 2.22. The molecule has 2 nitrogen and oxygen atoms in total. The normalized spacial score (nSPS) is 38.2. The molecule has 2 saturated carbocycles. The lowest BCUT2D eigenvalue weighted by Crippen LogP contribution is -2.42. The zero-order valence-corrected chi connectivity index (χ0v) is 8.29. The maximum atomic E-state index is 5.09. The molecule has 68 valence electrons. The van der Waals surface area contributed by atoms with Gasteiger partial charge in [-0.2, -0.15) is 0 Å². The molecule has 0 heterocycles. The van der Waals surface area contributed by atoms with Crippen LogP contribution in [-0.2, 0) is 0 Å². The van der Waals surface area contributed by atoms with Gasteiger partial charge in [0.2, 0.25) is 0 Å². The van der Waals surface area contributed by atoms with Crippen LogP contribution in [0.5, 0.6) is 0 Å². The Labute approximate surface area is 79.1 Å². The van der Waals surface area contributed by atoms with Crippen molar-refractivity contribution in [1.29, 1.82) is 0 Å². The molecule has 2 aliphatic carbocycles. The predicted molar refractivity (Wildman–Crippen MR) is 54.0 cm³/mol. The summed E-state index contributed by atoms with van der Waals surface area (Å²) < 4.78 is 0. The molecule has 0 amide bonds. The van der Waals surface area contributed by atoms with Crippen LogP contribution in [0.3, 0.4) is 0 Å². The summed E-state index contributed by atoms with van der Waals surface area (Å²) in [7, 11) is 1.88. The van der Waals surface area contributed by atoms with Gasteiger partial charge >= 0.3 is 0 Å². The molecular formula is C9H16N2S. The highest BCUT2D eigenvalue weighted by atomic mass is 32.1. The highest BCUT2D eigenvalue weighted by Gasteiger charge is 2.39. The lowest BCUT2D eigenvalue weighted by Gasteiger charge is -2.23. The maximum absolute atomic E-state index is 5.09. The van der Waals surface area contributed by atoms with Crippen LogP contribution in [0.15, 0.2) is 0 Å². The minimum atomic E-state index is 0.670. The second kappa shape index (κ2) is 3.21. The Morgan fingerprint density at radius 3 is 2.67 bits per heavy atom. The Hall–Kier alpha value is -0.310. The molecule has 2 N–H and O–H groups in total. The first-order valence-corrected chi connectivity index (χ1v) is 5.18. The molecule has 3 heteroatoms. The average Bonchev–Trinajstić information content (AvgIpc) is 2.64. The maximum Gasteiger partial charge on any atom is 0.166 e. The van der Waals surface area contributed by atoms with Gasteiger partial charge in [0, 0.05) is 13.1 Å². The van der Waals surface area contributed by atoms with Gasteiger partial charge in [-0.1, -0.05) is 6.42 Å². The van der Waals surface area contributed by atoms with Crippen LogP contribution >= 0.6 is 12.2 Å². The zero-order chi connectivity index (χ0) is 8.55. The number of hydrogen-bond donors (Lipinski definition) is 2. The van der Waals surface area contributed by atoms with Gasteiger partial charge in [-0.05, 0) is 43.3 Å². The molecule has 0 aromatic rings. The summed E-state index contributed by atoms with van der Waals surface area (Å²) in [5.74, 6) is 1.90. The van der Waals surface area contributed by atoms with Crippen molar-refractivity contribution in [3.63, 3.8) is 0 Å². The molecule has 2 bridgehead atoms. The summed E-state index contributed by atoms with van der Waals surface area (Å²) in [5, 5.41) is 7.16. The molecule has 0 aliphatic heterocycles. The molecule has 2 fully saturated rings. The topological polar surface area (TPSA) is 24.1 Å². The summed E-state index contributed by atoms with van der Waals surface area (Å²) in [6, 6.07) is 0.670. The number of fused-ring (bicyclic) bond motifs is 2. The highest BCUT2D eigenvalue weighted by molar-refractivity contribution is 7.80. The van der Waals surface area contributed by atoms with Crippen molar-refractivity contribution < 1.29 is 0 Å². The van der Waals surface area contributed by atoms with Crippen molar-refractivity contribution in [2.45, 2.75) is 31.7 Å². The Balaban J connectivity index is 1.86. The molecule has 3 atom stereocenters. The number of thiocarbonyl (C=S) groups is 1. The SMILES string of the molecule is CNC(=S)N[C@@H]1C[C@@H]2CC[C@@H]1C2. The van der Waals surface area contributed by atoms with E-state index in [1.54, 1.807) is 0 Å². The molecule has 2 rings (SSSR count). The van der Waals surface area contributed by atoms with Crippen LogP contribution in [-0.4, -0.2) is 18.2 Å². The largest absolute Gasteiger partial charge is 0.366 e. The molecule has 0 radical (unpaired) electrons. The second-order valence-electron chi connectivity index (χ2n) is 4.00. The summed E-state index contributed by atoms with van der Waals surface area (Å²) in [6.45, 7) is 0. The van der Waals surface area contributed by atoms with Gasteiger partial charge in [0.1, 0.15) is 0 Å². The van der Waals surface area contributed by atoms with Crippen molar-refractivity contribution in [1.82, 2.24) is 10.6 Å². The third kappa shape index (κ3) is 1.42. The lowest BCUT2D eigenvalue weighted by molar-refractivity contribution is 0.390. The van der Waals surface area contributed by atoms with Crippen LogP contribution in [0.4, 0.5) is 0 Å². The molecule has 0 aromatic heterocycles. The van der Waals surface area contributed by atoms with E-state index < -0.39 is 0 Å². The smallest absolute Gasteiger partial charge is 0.166 e. The van der Waals surface area contributed by atoms with Gasteiger partial charge in [0.15, 0.2) is 5.11 Å². The van der Waals surface area contributed by atoms with Crippen LogP contribution < -0.4 is 10.6 Å². The van der Waals surface area contributed by atoms with E-state index in [1.807, 2.05) is 7.05 Å². The first-order valence-electron chi connectivity index (χ1n) is 4.78. The fourth-order valence-corrected chi connectivity index (χ4v) is 2.81. The fourth-order valence-electron chi connectivity index (χ4n) is 2.66. The zero-order valence-electron chi connectivity index (χ0n) is 7.47. The monoisotopic (exact) mass is 184 g/mol. The van der Waals surface area contributed by atoms with Gasteiger partial charge < -0.3 is 10.6 Å². The molecule has 0 spiro atoms. The Morgan fingerprint density at radius 1 is 1.33 bits per heavy atom. The molecule has 0 aromatic carbocycles. The van der Waals surface area contributed by atoms with Crippen LogP contribution in [0, 0.1) is 11.8 Å². The van der Waals surface area contributed by atoms with Crippen LogP contribution in [0.2, 0.25) is 0 Å². The standard InChI is InChI=1S/C9H16N2S/c1-10-9(12)11-8-5-6-2-3-7(8)4-6/h6-8H,2-5H2,1H3,(H2,10,11,12)/t6-,7-,8-/m1/s1. The molecule has 0 unspecified atom stereocenters. The van der Waals surface area contributed by atoms with E-state index in [9.17, 15) is 0 Å². The third-order valence-corrected chi connectivity index (χ3v) is 3.60. The average molecular weight is 184 g/mol. The van der Waals surface area contributed by atoms with Crippen molar-refractivity contribution in [2.75, 3.05) is 7.05 Å². The minimum absolute atomic E-state index is 0.670. The van der Waals surface area contributed by atoms with Crippen molar-refractivity contribution in [2.24, 2.45) is 11.8 Å². The summed E-state index contributed by atoms with van der Waals surface area (Å²) in [6.07, 6.45) is 5.64. The first kappa shape index (κ1) is 8.30. The van der Waals surface area contributed by atoms with Crippen LogP contribution in [0.25, 0.3) is 0 Å². The van der Waals surface area contributed by atoms with Crippen molar-refractivity contribution in [3.8, 4) is 0 Å². The number of nitrogens with one attached hydrogen (secondary N) is 2. The second-order valence-corrected chi connectivity index (χ2v) is 4.41. The predicted octanol–water partition coefficient (Wildman–Crippen LogP) is 1.27.